The third kappa shape index (κ3) is 3.71. The van der Waals surface area contributed by atoms with Crippen molar-refractivity contribution in [2.24, 2.45) is 0 Å². The molecule has 0 aliphatic carbocycles. The van der Waals surface area contributed by atoms with Crippen LogP contribution in [0.5, 0.6) is 0 Å². The van der Waals surface area contributed by atoms with Crippen LogP contribution in [0.4, 0.5) is 11.6 Å². The minimum Gasteiger partial charge on any atom is -0.366 e. The molecule has 0 radical (unpaired) electrons. The SMILES string of the molecule is Clc1ccccc1CNc1cc(N2CCC3(CC2)OCCO3)ncn1. The number of nitrogens with one attached hydrogen (secondary N) is 1. The van der Waals surface area contributed by atoms with E-state index in [1.165, 1.54) is 0 Å². The molecule has 132 valence electrons. The molecule has 25 heavy (non-hydrogen) atoms. The van der Waals surface area contributed by atoms with Gasteiger partial charge in [-0.05, 0) is 11.6 Å². The van der Waals surface area contributed by atoms with Gasteiger partial charge in [-0.2, -0.15) is 0 Å². The Morgan fingerprint density at radius 1 is 1.12 bits per heavy atom. The van der Waals surface area contributed by atoms with E-state index in [4.69, 9.17) is 21.1 Å². The van der Waals surface area contributed by atoms with Crippen molar-refractivity contribution in [2.75, 3.05) is 36.5 Å². The van der Waals surface area contributed by atoms with E-state index in [0.717, 1.165) is 48.2 Å². The van der Waals surface area contributed by atoms with Crippen LogP contribution in [0.2, 0.25) is 5.02 Å². The van der Waals surface area contributed by atoms with Gasteiger partial charge in [-0.15, -0.1) is 0 Å². The zero-order valence-electron chi connectivity index (χ0n) is 13.9. The van der Waals surface area contributed by atoms with Crippen LogP contribution >= 0.6 is 11.6 Å². The van der Waals surface area contributed by atoms with Gasteiger partial charge in [0.2, 0.25) is 0 Å². The smallest absolute Gasteiger partial charge is 0.171 e. The number of anilines is 2. The molecule has 1 aromatic heterocycles. The van der Waals surface area contributed by atoms with Gasteiger partial charge in [-0.3, -0.25) is 0 Å². The minimum atomic E-state index is -0.366. The molecule has 2 saturated heterocycles. The quantitative estimate of drug-likeness (QED) is 0.904. The van der Waals surface area contributed by atoms with E-state index < -0.39 is 0 Å². The van der Waals surface area contributed by atoms with E-state index in [9.17, 15) is 0 Å². The molecule has 7 heteroatoms. The topological polar surface area (TPSA) is 59.5 Å². The van der Waals surface area contributed by atoms with Crippen molar-refractivity contribution in [3.63, 3.8) is 0 Å². The fourth-order valence-corrected chi connectivity index (χ4v) is 3.51. The monoisotopic (exact) mass is 360 g/mol. The number of ether oxygens (including phenoxy) is 2. The van der Waals surface area contributed by atoms with Crippen molar-refractivity contribution in [1.29, 1.82) is 0 Å². The summed E-state index contributed by atoms with van der Waals surface area (Å²) >= 11 is 6.20. The average molecular weight is 361 g/mol. The summed E-state index contributed by atoms with van der Waals surface area (Å²) in [6.07, 6.45) is 3.32. The first-order valence-electron chi connectivity index (χ1n) is 8.56. The van der Waals surface area contributed by atoms with Gasteiger partial charge in [0.15, 0.2) is 5.79 Å². The highest BCUT2D eigenvalue weighted by molar-refractivity contribution is 6.31. The normalized spacial score (nSPS) is 19.3. The largest absolute Gasteiger partial charge is 0.366 e. The van der Waals surface area contributed by atoms with E-state index in [0.29, 0.717) is 19.8 Å². The molecule has 1 spiro atoms. The molecule has 4 rings (SSSR count). The van der Waals surface area contributed by atoms with Crippen LogP contribution in [0.15, 0.2) is 36.7 Å². The summed E-state index contributed by atoms with van der Waals surface area (Å²) < 4.78 is 11.6. The predicted octanol–water partition coefficient (Wildman–Crippen LogP) is 3.09. The van der Waals surface area contributed by atoms with Crippen molar-refractivity contribution in [1.82, 2.24) is 9.97 Å². The summed E-state index contributed by atoms with van der Waals surface area (Å²) in [4.78, 5) is 11.0. The van der Waals surface area contributed by atoms with Gasteiger partial charge in [0.05, 0.1) is 13.2 Å². The molecule has 1 N–H and O–H groups in total. The summed E-state index contributed by atoms with van der Waals surface area (Å²) in [5.74, 6) is 1.34. The Hall–Kier alpha value is -1.89. The maximum atomic E-state index is 6.20. The Balaban J connectivity index is 1.39. The minimum absolute atomic E-state index is 0.366. The molecule has 2 aliphatic rings. The van der Waals surface area contributed by atoms with Crippen LogP contribution in [0.25, 0.3) is 0 Å². The van der Waals surface area contributed by atoms with Crippen molar-refractivity contribution >= 4 is 23.2 Å². The van der Waals surface area contributed by atoms with Gasteiger partial charge >= 0.3 is 0 Å². The van der Waals surface area contributed by atoms with Crippen LogP contribution < -0.4 is 10.2 Å². The first kappa shape index (κ1) is 16.6. The number of benzene rings is 1. The van der Waals surface area contributed by atoms with Gasteiger partial charge < -0.3 is 19.7 Å². The van der Waals surface area contributed by atoms with Crippen molar-refractivity contribution in [2.45, 2.75) is 25.2 Å². The zero-order chi connectivity index (χ0) is 17.1. The molecule has 3 heterocycles. The van der Waals surface area contributed by atoms with E-state index in [1.807, 2.05) is 30.3 Å². The van der Waals surface area contributed by atoms with E-state index in [1.54, 1.807) is 6.33 Å². The standard InChI is InChI=1S/C18H21ClN4O2/c19-15-4-2-1-3-14(15)12-20-16-11-17(22-13-21-16)23-7-5-18(6-8-23)24-9-10-25-18/h1-4,11,13H,5-10,12H2,(H,20,21,22). The van der Waals surface area contributed by atoms with E-state index in [2.05, 4.69) is 20.2 Å². The van der Waals surface area contributed by atoms with Gasteiger partial charge in [0.25, 0.3) is 0 Å². The second-order valence-electron chi connectivity index (χ2n) is 6.30. The average Bonchev–Trinajstić information content (AvgIpc) is 3.10. The van der Waals surface area contributed by atoms with Crippen molar-refractivity contribution < 1.29 is 9.47 Å². The molecule has 0 bridgehead atoms. The second kappa shape index (κ2) is 7.15. The fraction of sp³-hybridized carbons (Fsp3) is 0.444. The van der Waals surface area contributed by atoms with E-state index >= 15 is 0 Å². The fourth-order valence-electron chi connectivity index (χ4n) is 3.31. The van der Waals surface area contributed by atoms with Gasteiger partial charge in [-0.1, -0.05) is 29.8 Å². The van der Waals surface area contributed by atoms with Crippen LogP contribution in [0.3, 0.4) is 0 Å². The molecular weight excluding hydrogens is 340 g/mol. The Labute approximate surface area is 152 Å². The van der Waals surface area contributed by atoms with Gasteiger partial charge in [-0.25, -0.2) is 9.97 Å². The lowest BCUT2D eigenvalue weighted by Gasteiger charge is -2.38. The predicted molar refractivity (Wildman–Crippen MR) is 96.9 cm³/mol. The van der Waals surface area contributed by atoms with Crippen molar-refractivity contribution in [3.05, 3.63) is 47.2 Å². The molecule has 0 unspecified atom stereocenters. The first-order valence-corrected chi connectivity index (χ1v) is 8.94. The maximum absolute atomic E-state index is 6.20. The first-order chi connectivity index (χ1) is 12.2. The van der Waals surface area contributed by atoms with E-state index in [-0.39, 0.29) is 5.79 Å². The Bertz CT molecular complexity index is 727. The van der Waals surface area contributed by atoms with Crippen LogP contribution in [0, 0.1) is 0 Å². The molecule has 6 nitrogen and oxygen atoms in total. The summed E-state index contributed by atoms with van der Waals surface area (Å²) in [5, 5.41) is 4.07. The third-order valence-corrected chi connectivity index (χ3v) is 5.10. The number of nitrogens with zero attached hydrogens (tertiary/aromatic N) is 3. The van der Waals surface area contributed by atoms with Crippen LogP contribution in [-0.2, 0) is 16.0 Å². The van der Waals surface area contributed by atoms with Gasteiger partial charge in [0, 0.05) is 43.6 Å². The summed E-state index contributed by atoms with van der Waals surface area (Å²) in [5.41, 5.74) is 1.04. The lowest BCUT2D eigenvalue weighted by molar-refractivity contribution is -0.169. The highest BCUT2D eigenvalue weighted by Gasteiger charge is 2.40. The Kier molecular flexibility index (Phi) is 4.74. The number of hydrogen-bond acceptors (Lipinski definition) is 6. The number of aromatic nitrogens is 2. The molecule has 0 saturated carbocycles. The molecule has 2 aliphatic heterocycles. The number of rotatable bonds is 4. The molecule has 2 fully saturated rings. The molecule has 0 atom stereocenters. The van der Waals surface area contributed by atoms with Crippen molar-refractivity contribution in [3.8, 4) is 0 Å². The van der Waals surface area contributed by atoms with Gasteiger partial charge in [0.1, 0.15) is 18.0 Å². The highest BCUT2D eigenvalue weighted by atomic mass is 35.5. The molecular formula is C18H21ClN4O2. The maximum Gasteiger partial charge on any atom is 0.171 e. The summed E-state index contributed by atoms with van der Waals surface area (Å²) in [6, 6.07) is 9.77. The van der Waals surface area contributed by atoms with Crippen LogP contribution in [0.1, 0.15) is 18.4 Å². The molecule has 2 aromatic rings. The lowest BCUT2D eigenvalue weighted by Crippen LogP contribution is -2.45. The highest BCUT2D eigenvalue weighted by Crippen LogP contribution is 2.32. The summed E-state index contributed by atoms with van der Waals surface area (Å²) in [6.45, 7) is 3.75. The lowest BCUT2D eigenvalue weighted by atomic mass is 10.0. The number of halogens is 1. The Morgan fingerprint density at radius 3 is 2.64 bits per heavy atom. The number of piperidine rings is 1. The molecule has 0 amide bonds. The summed E-state index contributed by atoms with van der Waals surface area (Å²) in [7, 11) is 0. The Morgan fingerprint density at radius 2 is 1.88 bits per heavy atom. The second-order valence-corrected chi connectivity index (χ2v) is 6.71. The zero-order valence-corrected chi connectivity index (χ0v) is 14.7. The molecule has 1 aromatic carbocycles. The van der Waals surface area contributed by atoms with Crippen LogP contribution in [-0.4, -0.2) is 42.1 Å². The third-order valence-electron chi connectivity index (χ3n) is 4.73. The number of hydrogen-bond donors (Lipinski definition) is 1.